The summed E-state index contributed by atoms with van der Waals surface area (Å²) in [5.74, 6) is 1.86. The number of piperazine rings is 1. The van der Waals surface area contributed by atoms with Crippen molar-refractivity contribution in [2.75, 3.05) is 57.3 Å². The van der Waals surface area contributed by atoms with Gasteiger partial charge in [-0.15, -0.1) is 0 Å². The number of ether oxygens (including phenoxy) is 1. The molecule has 1 aromatic heterocycles. The van der Waals surface area contributed by atoms with Crippen molar-refractivity contribution in [3.8, 4) is 5.75 Å². The van der Waals surface area contributed by atoms with E-state index >= 15 is 0 Å². The third kappa shape index (κ3) is 6.88. The monoisotopic (exact) mass is 721 g/mol. The number of aliphatic hydroxyl groups excluding tert-OH is 1. The average Bonchev–Trinajstić information content (AvgIpc) is 3.50. The number of aryl methyl sites for hydroxylation is 1. The molecule has 2 aliphatic heterocycles. The van der Waals surface area contributed by atoms with Gasteiger partial charge < -0.3 is 29.4 Å². The van der Waals surface area contributed by atoms with Gasteiger partial charge >= 0.3 is 6.09 Å². The van der Waals surface area contributed by atoms with E-state index in [1.807, 2.05) is 47.1 Å². The Labute approximate surface area is 313 Å². The lowest BCUT2D eigenvalue weighted by molar-refractivity contribution is -0.132. The number of carbonyl (C=O) groups is 3. The number of hydrogen-bond acceptors (Lipinski definition) is 7. The molecule has 8 rings (SSSR count). The van der Waals surface area contributed by atoms with Crippen molar-refractivity contribution in [2.24, 2.45) is 17.3 Å². The third-order valence-corrected chi connectivity index (χ3v) is 13.5. The Bertz CT molecular complexity index is 1850. The van der Waals surface area contributed by atoms with Gasteiger partial charge in [0.15, 0.2) is 5.75 Å². The lowest BCUT2D eigenvalue weighted by Crippen LogP contribution is -2.52. The highest BCUT2D eigenvalue weighted by molar-refractivity contribution is 5.97. The van der Waals surface area contributed by atoms with Crippen LogP contribution in [0.5, 0.6) is 5.75 Å². The second-order valence-electron chi connectivity index (χ2n) is 16.5. The average molecular weight is 722 g/mol. The van der Waals surface area contributed by atoms with Gasteiger partial charge in [0.25, 0.3) is 5.91 Å². The summed E-state index contributed by atoms with van der Waals surface area (Å²) in [6.07, 6.45) is 9.57. The molecule has 10 nitrogen and oxygen atoms in total. The molecule has 4 fully saturated rings. The number of carbonyl (C=O) groups excluding carboxylic acids is 3. The van der Waals surface area contributed by atoms with E-state index in [1.165, 1.54) is 11.1 Å². The van der Waals surface area contributed by atoms with E-state index in [2.05, 4.69) is 28.9 Å². The van der Waals surface area contributed by atoms with Crippen molar-refractivity contribution in [3.05, 3.63) is 65.4 Å². The Morgan fingerprint density at radius 3 is 2.51 bits per heavy atom. The van der Waals surface area contributed by atoms with E-state index in [-0.39, 0.29) is 36.0 Å². The number of rotatable bonds is 7. The Morgan fingerprint density at radius 2 is 1.72 bits per heavy atom. The van der Waals surface area contributed by atoms with Gasteiger partial charge in [-0.1, -0.05) is 38.1 Å². The molecular weight excluding hydrogens is 667 g/mol. The van der Waals surface area contributed by atoms with Crippen LogP contribution in [0.4, 0.5) is 10.5 Å². The zero-order valence-corrected chi connectivity index (χ0v) is 31.5. The number of piperidine rings is 1. The molecule has 2 saturated heterocycles. The second kappa shape index (κ2) is 14.9. The number of hydrogen-bond donors (Lipinski definition) is 1. The smallest absolute Gasteiger partial charge is 0.408 e. The van der Waals surface area contributed by atoms with Gasteiger partial charge in [0.05, 0.1) is 17.3 Å². The van der Waals surface area contributed by atoms with Crippen molar-refractivity contribution in [3.63, 3.8) is 0 Å². The van der Waals surface area contributed by atoms with Crippen LogP contribution in [0.1, 0.15) is 99.2 Å². The van der Waals surface area contributed by atoms with Crippen LogP contribution in [-0.4, -0.2) is 101 Å². The maximum Gasteiger partial charge on any atom is 0.415 e. The molecule has 3 heterocycles. The van der Waals surface area contributed by atoms with E-state index in [4.69, 9.17) is 4.74 Å². The van der Waals surface area contributed by atoms with Crippen LogP contribution in [0, 0.1) is 17.3 Å². The molecule has 53 heavy (non-hydrogen) atoms. The van der Waals surface area contributed by atoms with Crippen LogP contribution in [0.25, 0.3) is 10.9 Å². The predicted molar refractivity (Wildman–Crippen MR) is 205 cm³/mol. The highest BCUT2D eigenvalue weighted by Gasteiger charge is 2.54. The molecule has 0 bridgehead atoms. The number of benzene rings is 2. The summed E-state index contributed by atoms with van der Waals surface area (Å²) < 4.78 is 6.27. The number of amides is 3. The zero-order valence-electron chi connectivity index (χ0n) is 31.5. The number of para-hydroxylation sites is 1. The van der Waals surface area contributed by atoms with Crippen molar-refractivity contribution in [1.29, 1.82) is 0 Å². The SMILES string of the molecule is CCCN(CC(=O)N1CCN(c2cc3c(cc2OC(=O)N2CCCCC2)CC[C@@H]2C3CC[C@@]3(C)C2CC[C@@H]3O)CC1)C(=O)c1ccc2ccccc2n1. The van der Waals surface area contributed by atoms with Crippen LogP contribution in [-0.2, 0) is 11.2 Å². The summed E-state index contributed by atoms with van der Waals surface area (Å²) in [6, 6.07) is 15.8. The van der Waals surface area contributed by atoms with Crippen molar-refractivity contribution in [1.82, 2.24) is 19.7 Å². The summed E-state index contributed by atoms with van der Waals surface area (Å²) >= 11 is 0. The summed E-state index contributed by atoms with van der Waals surface area (Å²) in [6.45, 7) is 8.50. The van der Waals surface area contributed by atoms with Crippen LogP contribution >= 0.6 is 0 Å². The van der Waals surface area contributed by atoms with Crippen LogP contribution in [0.2, 0.25) is 0 Å². The van der Waals surface area contributed by atoms with Gasteiger partial charge in [-0.25, -0.2) is 9.78 Å². The first-order chi connectivity index (χ1) is 25.7. The van der Waals surface area contributed by atoms with E-state index in [0.29, 0.717) is 61.9 Å². The van der Waals surface area contributed by atoms with E-state index in [9.17, 15) is 19.5 Å². The van der Waals surface area contributed by atoms with Gasteiger partial charge in [0, 0.05) is 51.2 Å². The van der Waals surface area contributed by atoms with Crippen molar-refractivity contribution < 1.29 is 24.2 Å². The molecule has 10 heteroatoms. The van der Waals surface area contributed by atoms with Crippen LogP contribution in [0.3, 0.4) is 0 Å². The van der Waals surface area contributed by atoms with Gasteiger partial charge in [-0.05, 0) is 123 Å². The maximum absolute atomic E-state index is 13.8. The quantitative estimate of drug-likeness (QED) is 0.292. The number of nitrogens with zero attached hydrogens (tertiary/aromatic N) is 5. The lowest BCUT2D eigenvalue weighted by Gasteiger charge is -2.50. The first-order valence-electron chi connectivity index (χ1n) is 20.2. The minimum atomic E-state index is -0.275. The predicted octanol–water partition coefficient (Wildman–Crippen LogP) is 6.64. The molecular formula is C43H55N5O5. The molecule has 3 aliphatic carbocycles. The standard InChI is InChI=1S/C43H55N5O5/c1-3-19-48(41(51)36-15-12-29-9-5-6-10-35(29)44-36)28-40(50)46-24-22-45(23-25-46)37-27-33-30(26-38(37)53-42(52)47-20-7-4-8-21-47)11-13-32-31(33)17-18-43(2)34(32)14-16-39(43)49/h5-6,9-10,12,15,26-27,31-32,34,39,49H,3-4,7-8,11,13-14,16-25,28H2,1-2H3/t31?,32-,34?,39+,43+/m1/s1. The minimum absolute atomic E-state index is 0.0105. The Kier molecular flexibility index (Phi) is 10.1. The third-order valence-electron chi connectivity index (χ3n) is 13.5. The number of aliphatic hydroxyl groups is 1. The number of likely N-dealkylation sites (tertiary alicyclic amines) is 1. The molecule has 2 saturated carbocycles. The molecule has 0 radical (unpaired) electrons. The maximum atomic E-state index is 13.8. The summed E-state index contributed by atoms with van der Waals surface area (Å²) in [4.78, 5) is 53.1. The van der Waals surface area contributed by atoms with E-state index in [0.717, 1.165) is 93.9 Å². The highest BCUT2D eigenvalue weighted by atomic mass is 16.6. The molecule has 2 aromatic carbocycles. The topological polar surface area (TPSA) is 107 Å². The molecule has 3 aromatic rings. The first kappa shape index (κ1) is 35.8. The van der Waals surface area contributed by atoms with Crippen LogP contribution in [0.15, 0.2) is 48.5 Å². The largest absolute Gasteiger partial charge is 0.415 e. The molecule has 1 N–H and O–H groups in total. The Hall–Kier alpha value is -4.18. The lowest BCUT2D eigenvalue weighted by atomic mass is 9.55. The van der Waals surface area contributed by atoms with E-state index in [1.54, 1.807) is 11.0 Å². The Morgan fingerprint density at radius 1 is 0.925 bits per heavy atom. The number of fused-ring (bicyclic) bond motifs is 6. The minimum Gasteiger partial charge on any atom is -0.408 e. The fraction of sp³-hybridized carbons (Fsp3) is 0.581. The molecule has 5 atom stereocenters. The van der Waals surface area contributed by atoms with Crippen LogP contribution < -0.4 is 9.64 Å². The van der Waals surface area contributed by atoms with Crippen molar-refractivity contribution >= 4 is 34.5 Å². The van der Waals surface area contributed by atoms with Gasteiger partial charge in [0.2, 0.25) is 5.91 Å². The summed E-state index contributed by atoms with van der Waals surface area (Å²) in [7, 11) is 0. The molecule has 3 amide bonds. The number of pyridine rings is 1. The van der Waals surface area contributed by atoms with Gasteiger partial charge in [-0.2, -0.15) is 0 Å². The molecule has 0 spiro atoms. The van der Waals surface area contributed by atoms with Gasteiger partial charge in [-0.3, -0.25) is 9.59 Å². The zero-order chi connectivity index (χ0) is 36.7. The van der Waals surface area contributed by atoms with E-state index < -0.39 is 0 Å². The fourth-order valence-corrected chi connectivity index (χ4v) is 10.5. The van der Waals surface area contributed by atoms with Crippen molar-refractivity contribution in [2.45, 2.75) is 90.1 Å². The number of anilines is 1. The second-order valence-corrected chi connectivity index (χ2v) is 16.5. The molecule has 2 unspecified atom stereocenters. The normalized spacial score (nSPS) is 26.8. The number of aromatic nitrogens is 1. The van der Waals surface area contributed by atoms with Gasteiger partial charge in [0.1, 0.15) is 12.2 Å². The summed E-state index contributed by atoms with van der Waals surface area (Å²) in [5.41, 5.74) is 4.73. The summed E-state index contributed by atoms with van der Waals surface area (Å²) in [5, 5.41) is 11.9. The first-order valence-corrected chi connectivity index (χ1v) is 20.2. The highest BCUT2D eigenvalue weighted by Crippen LogP contribution is 2.61. The molecule has 5 aliphatic rings. The molecule has 282 valence electrons. The fourth-order valence-electron chi connectivity index (χ4n) is 10.5. The Balaban J connectivity index is 0.997.